The van der Waals surface area contributed by atoms with Gasteiger partial charge in [-0.2, -0.15) is 0 Å². The molecule has 0 spiro atoms. The lowest BCUT2D eigenvalue weighted by Gasteiger charge is -2.34. The first-order chi connectivity index (χ1) is 16.1. The highest BCUT2D eigenvalue weighted by molar-refractivity contribution is 5.92. The van der Waals surface area contributed by atoms with Gasteiger partial charge in [0.2, 0.25) is 12.7 Å². The average Bonchev–Trinajstić information content (AvgIpc) is 3.33. The van der Waals surface area contributed by atoms with E-state index in [1.54, 1.807) is 18.3 Å². The summed E-state index contributed by atoms with van der Waals surface area (Å²) in [5, 5.41) is 11.7. The molecule has 9 nitrogen and oxygen atoms in total. The maximum absolute atomic E-state index is 12.6. The second-order valence-corrected chi connectivity index (χ2v) is 7.88. The Morgan fingerprint density at radius 1 is 0.970 bits per heavy atom. The van der Waals surface area contributed by atoms with Gasteiger partial charge in [0.15, 0.2) is 23.1 Å². The second-order valence-electron chi connectivity index (χ2n) is 7.88. The number of rotatable bonds is 5. The molecule has 0 radical (unpaired) electrons. The van der Waals surface area contributed by atoms with Crippen molar-refractivity contribution in [2.45, 2.75) is 6.92 Å². The summed E-state index contributed by atoms with van der Waals surface area (Å²) in [6.07, 6.45) is 5.21. The Labute approximate surface area is 191 Å². The van der Waals surface area contributed by atoms with Crippen LogP contribution in [0.15, 0.2) is 54.7 Å². The maximum Gasteiger partial charge on any atom is 0.246 e. The van der Waals surface area contributed by atoms with Crippen LogP contribution in [0.3, 0.4) is 0 Å². The lowest BCUT2D eigenvalue weighted by molar-refractivity contribution is -0.126. The molecule has 1 aromatic carbocycles. The summed E-state index contributed by atoms with van der Waals surface area (Å²) in [6, 6.07) is 13.3. The third kappa shape index (κ3) is 4.87. The number of carbonyl (C=O) groups excluding carboxylic acids is 1. The SMILES string of the molecule is Cc1ccc(Nc2ccc(N3CCN(C(=O)/C=C/c4ccc5c(c4)OCO5)CC3)nn2)nc1. The Kier molecular flexibility index (Phi) is 5.75. The van der Waals surface area contributed by atoms with Gasteiger partial charge in [0.25, 0.3) is 0 Å². The number of aromatic nitrogens is 3. The van der Waals surface area contributed by atoms with Gasteiger partial charge >= 0.3 is 0 Å². The second kappa shape index (κ2) is 9.15. The topological polar surface area (TPSA) is 92.7 Å². The van der Waals surface area contributed by atoms with E-state index in [1.807, 2.05) is 54.3 Å². The van der Waals surface area contributed by atoms with Crippen molar-refractivity contribution >= 4 is 29.4 Å². The summed E-state index contributed by atoms with van der Waals surface area (Å²) in [5.74, 6) is 3.58. The van der Waals surface area contributed by atoms with Crippen molar-refractivity contribution in [1.29, 1.82) is 0 Å². The molecule has 2 aliphatic heterocycles. The monoisotopic (exact) mass is 444 g/mol. The number of nitrogens with zero attached hydrogens (tertiary/aromatic N) is 5. The first kappa shape index (κ1) is 20.7. The number of nitrogens with one attached hydrogen (secondary N) is 1. The van der Waals surface area contributed by atoms with Crippen molar-refractivity contribution in [1.82, 2.24) is 20.1 Å². The molecule has 168 valence electrons. The molecule has 0 atom stereocenters. The number of ether oxygens (including phenoxy) is 2. The third-order valence-corrected chi connectivity index (χ3v) is 5.55. The molecule has 1 N–H and O–H groups in total. The number of anilines is 3. The third-order valence-electron chi connectivity index (χ3n) is 5.55. The van der Waals surface area contributed by atoms with Crippen LogP contribution in [0.4, 0.5) is 17.5 Å². The maximum atomic E-state index is 12.6. The molecule has 5 rings (SSSR count). The van der Waals surface area contributed by atoms with Gasteiger partial charge in [-0.25, -0.2) is 4.98 Å². The molecule has 0 saturated carbocycles. The Bertz CT molecular complexity index is 1160. The Balaban J connectivity index is 1.13. The van der Waals surface area contributed by atoms with Crippen LogP contribution < -0.4 is 19.7 Å². The standard InChI is InChI=1S/C24H24N6O3/c1-17-2-6-21(25-15-17)26-22-7-8-23(28-27-22)29-10-12-30(13-11-29)24(31)9-4-18-3-5-19-20(14-18)33-16-32-19/h2-9,14-15H,10-13,16H2,1H3,(H,25,26,27)/b9-4+. The van der Waals surface area contributed by atoms with Gasteiger partial charge in [-0.05, 0) is 54.5 Å². The lowest BCUT2D eigenvalue weighted by Crippen LogP contribution is -2.48. The van der Waals surface area contributed by atoms with E-state index < -0.39 is 0 Å². The van der Waals surface area contributed by atoms with Crippen LogP contribution >= 0.6 is 0 Å². The first-order valence-corrected chi connectivity index (χ1v) is 10.8. The van der Waals surface area contributed by atoms with Crippen molar-refractivity contribution in [3.63, 3.8) is 0 Å². The molecule has 3 aromatic rings. The van der Waals surface area contributed by atoms with E-state index in [0.29, 0.717) is 37.7 Å². The van der Waals surface area contributed by atoms with E-state index in [2.05, 4.69) is 25.4 Å². The zero-order valence-corrected chi connectivity index (χ0v) is 18.3. The molecule has 9 heteroatoms. The Morgan fingerprint density at radius 2 is 1.79 bits per heavy atom. The number of carbonyl (C=O) groups is 1. The van der Waals surface area contributed by atoms with Crippen molar-refractivity contribution < 1.29 is 14.3 Å². The fraction of sp³-hybridized carbons (Fsp3) is 0.250. The minimum atomic E-state index is -0.0106. The molecule has 1 amide bonds. The van der Waals surface area contributed by atoms with Crippen LogP contribution in [0.25, 0.3) is 6.08 Å². The number of fused-ring (bicyclic) bond motifs is 1. The van der Waals surface area contributed by atoms with E-state index in [1.165, 1.54) is 0 Å². The predicted octanol–water partition coefficient (Wildman–Crippen LogP) is 3.01. The van der Waals surface area contributed by atoms with Crippen molar-refractivity contribution in [3.8, 4) is 11.5 Å². The molecule has 33 heavy (non-hydrogen) atoms. The van der Waals surface area contributed by atoms with E-state index in [-0.39, 0.29) is 12.7 Å². The molecule has 0 aliphatic carbocycles. The summed E-state index contributed by atoms with van der Waals surface area (Å²) in [6.45, 7) is 4.88. The fourth-order valence-electron chi connectivity index (χ4n) is 3.68. The number of amides is 1. The number of piperazine rings is 1. The molecule has 2 aliphatic rings. The van der Waals surface area contributed by atoms with Gasteiger partial charge in [0.1, 0.15) is 5.82 Å². The smallest absolute Gasteiger partial charge is 0.246 e. The largest absolute Gasteiger partial charge is 0.454 e. The van der Waals surface area contributed by atoms with Crippen LogP contribution in [-0.4, -0.2) is 59.0 Å². The van der Waals surface area contributed by atoms with Crippen LogP contribution in [-0.2, 0) is 4.79 Å². The zero-order valence-electron chi connectivity index (χ0n) is 18.3. The summed E-state index contributed by atoms with van der Waals surface area (Å²) in [7, 11) is 0. The summed E-state index contributed by atoms with van der Waals surface area (Å²) < 4.78 is 10.7. The van der Waals surface area contributed by atoms with E-state index in [0.717, 1.165) is 28.5 Å². The van der Waals surface area contributed by atoms with Crippen LogP contribution in [0.2, 0.25) is 0 Å². The number of benzene rings is 1. The van der Waals surface area contributed by atoms with Crippen LogP contribution in [0.1, 0.15) is 11.1 Å². The molecule has 1 saturated heterocycles. The molecular weight excluding hydrogens is 420 g/mol. The van der Waals surface area contributed by atoms with Gasteiger partial charge in [-0.1, -0.05) is 12.1 Å². The summed E-state index contributed by atoms with van der Waals surface area (Å²) >= 11 is 0. The molecule has 0 unspecified atom stereocenters. The fourth-order valence-corrected chi connectivity index (χ4v) is 3.68. The van der Waals surface area contributed by atoms with Gasteiger partial charge in [0.05, 0.1) is 0 Å². The number of aryl methyl sites for hydroxylation is 1. The number of hydrogen-bond acceptors (Lipinski definition) is 8. The molecule has 4 heterocycles. The zero-order chi connectivity index (χ0) is 22.6. The quantitative estimate of drug-likeness (QED) is 0.601. The van der Waals surface area contributed by atoms with Crippen LogP contribution in [0.5, 0.6) is 11.5 Å². The molecular formula is C24H24N6O3. The van der Waals surface area contributed by atoms with E-state index in [4.69, 9.17) is 9.47 Å². The average molecular weight is 444 g/mol. The Morgan fingerprint density at radius 3 is 2.55 bits per heavy atom. The van der Waals surface area contributed by atoms with Gasteiger partial charge in [-0.15, -0.1) is 10.2 Å². The van der Waals surface area contributed by atoms with Gasteiger partial charge in [0, 0.05) is 38.5 Å². The summed E-state index contributed by atoms with van der Waals surface area (Å²) in [5.41, 5.74) is 2.00. The van der Waals surface area contributed by atoms with E-state index in [9.17, 15) is 4.79 Å². The highest BCUT2D eigenvalue weighted by atomic mass is 16.7. The van der Waals surface area contributed by atoms with Crippen molar-refractivity contribution in [2.75, 3.05) is 43.2 Å². The highest BCUT2D eigenvalue weighted by Gasteiger charge is 2.21. The number of hydrogen-bond donors (Lipinski definition) is 1. The van der Waals surface area contributed by atoms with E-state index >= 15 is 0 Å². The number of pyridine rings is 1. The highest BCUT2D eigenvalue weighted by Crippen LogP contribution is 2.32. The van der Waals surface area contributed by atoms with Crippen molar-refractivity contribution in [2.24, 2.45) is 0 Å². The molecule has 1 fully saturated rings. The minimum Gasteiger partial charge on any atom is -0.454 e. The summed E-state index contributed by atoms with van der Waals surface area (Å²) in [4.78, 5) is 20.9. The molecule has 0 bridgehead atoms. The van der Waals surface area contributed by atoms with Gasteiger partial charge < -0.3 is 24.6 Å². The minimum absolute atomic E-state index is 0.0106. The van der Waals surface area contributed by atoms with Crippen molar-refractivity contribution in [3.05, 3.63) is 65.9 Å². The molecule has 2 aromatic heterocycles. The van der Waals surface area contributed by atoms with Crippen LogP contribution in [0, 0.1) is 6.92 Å². The van der Waals surface area contributed by atoms with Gasteiger partial charge in [-0.3, -0.25) is 4.79 Å². The lowest BCUT2D eigenvalue weighted by atomic mass is 10.2. The predicted molar refractivity (Wildman–Crippen MR) is 125 cm³/mol. The first-order valence-electron chi connectivity index (χ1n) is 10.8. The Hall–Kier alpha value is -4.14. The normalized spacial score (nSPS) is 15.2.